The molecule has 8 heteroatoms. The van der Waals surface area contributed by atoms with Gasteiger partial charge in [0.25, 0.3) is 5.92 Å². The first kappa shape index (κ1) is 19.1. The summed E-state index contributed by atoms with van der Waals surface area (Å²) in [6.45, 7) is 7.78. The molecule has 0 radical (unpaired) electrons. The van der Waals surface area contributed by atoms with Gasteiger partial charge in [0.15, 0.2) is 6.10 Å². The van der Waals surface area contributed by atoms with Crippen molar-refractivity contribution < 1.29 is 22.8 Å². The smallest absolute Gasteiger partial charge is 0.483 e. The third-order valence-corrected chi connectivity index (χ3v) is 5.33. The molecule has 2 aliphatic rings. The predicted octanol–water partition coefficient (Wildman–Crippen LogP) is 2.23. The quantitative estimate of drug-likeness (QED) is 0.834. The standard InChI is InChI=1S/C18H23BF2N2O3/c1-16(2)17(3,4)26-19(25-16)13-5-6-14(12(9-13)10-22)24-15-7-8-23-11-18(15,20)21/h5-6,9,15,23H,7-8,11H2,1-4H3. The van der Waals surface area contributed by atoms with Crippen LogP contribution in [0.3, 0.4) is 0 Å². The molecule has 2 saturated heterocycles. The Balaban J connectivity index is 1.82. The second kappa shape index (κ2) is 6.48. The van der Waals surface area contributed by atoms with Crippen LogP contribution in [0.15, 0.2) is 18.2 Å². The first-order chi connectivity index (χ1) is 12.1. The molecule has 1 aromatic rings. The Kier molecular flexibility index (Phi) is 4.76. The van der Waals surface area contributed by atoms with E-state index in [1.807, 2.05) is 33.8 Å². The van der Waals surface area contributed by atoms with Crippen LogP contribution in [0.1, 0.15) is 39.7 Å². The molecule has 26 heavy (non-hydrogen) atoms. The number of halogens is 2. The third kappa shape index (κ3) is 3.44. The summed E-state index contributed by atoms with van der Waals surface area (Å²) >= 11 is 0. The number of ether oxygens (including phenoxy) is 1. The van der Waals surface area contributed by atoms with Gasteiger partial charge < -0.3 is 19.4 Å². The normalized spacial score (nSPS) is 26.3. The minimum Gasteiger partial charge on any atom is -0.483 e. The van der Waals surface area contributed by atoms with E-state index in [1.54, 1.807) is 12.1 Å². The second-order valence-corrected chi connectivity index (χ2v) is 7.79. The van der Waals surface area contributed by atoms with Crippen molar-refractivity contribution in [1.29, 1.82) is 5.26 Å². The zero-order chi connectivity index (χ0) is 19.2. The zero-order valence-corrected chi connectivity index (χ0v) is 15.4. The monoisotopic (exact) mass is 364 g/mol. The summed E-state index contributed by atoms with van der Waals surface area (Å²) < 4.78 is 45.4. The van der Waals surface area contributed by atoms with Gasteiger partial charge in [-0.15, -0.1) is 0 Å². The average molecular weight is 364 g/mol. The maximum atomic E-state index is 14.0. The Hall–Kier alpha value is -1.69. The highest BCUT2D eigenvalue weighted by Gasteiger charge is 2.52. The van der Waals surface area contributed by atoms with Gasteiger partial charge in [0.05, 0.1) is 23.3 Å². The zero-order valence-electron chi connectivity index (χ0n) is 15.4. The Labute approximate surface area is 152 Å². The summed E-state index contributed by atoms with van der Waals surface area (Å²) in [6, 6.07) is 6.83. The topological polar surface area (TPSA) is 63.5 Å². The number of hydrogen-bond donors (Lipinski definition) is 1. The molecule has 1 N–H and O–H groups in total. The summed E-state index contributed by atoms with van der Waals surface area (Å²) in [5, 5.41) is 12.1. The van der Waals surface area contributed by atoms with Gasteiger partial charge in [0.2, 0.25) is 0 Å². The van der Waals surface area contributed by atoms with Crippen molar-refractivity contribution in [2.75, 3.05) is 13.1 Å². The number of hydrogen-bond acceptors (Lipinski definition) is 5. The first-order valence-electron chi connectivity index (χ1n) is 8.71. The molecular weight excluding hydrogens is 341 g/mol. The Bertz CT molecular complexity index is 718. The predicted molar refractivity (Wildman–Crippen MR) is 93.7 cm³/mol. The van der Waals surface area contributed by atoms with Crippen molar-refractivity contribution in [1.82, 2.24) is 5.32 Å². The van der Waals surface area contributed by atoms with Crippen molar-refractivity contribution >= 4 is 12.6 Å². The summed E-state index contributed by atoms with van der Waals surface area (Å²) in [4.78, 5) is 0. The molecule has 0 saturated carbocycles. The Morgan fingerprint density at radius 2 is 1.88 bits per heavy atom. The van der Waals surface area contributed by atoms with Crippen LogP contribution >= 0.6 is 0 Å². The maximum absolute atomic E-state index is 14.0. The van der Waals surface area contributed by atoms with E-state index in [1.165, 1.54) is 6.07 Å². The van der Waals surface area contributed by atoms with Crippen molar-refractivity contribution in [2.24, 2.45) is 0 Å². The van der Waals surface area contributed by atoms with Gasteiger partial charge in [0, 0.05) is 6.42 Å². The van der Waals surface area contributed by atoms with Crippen LogP contribution in [0.2, 0.25) is 0 Å². The van der Waals surface area contributed by atoms with Crippen molar-refractivity contribution in [3.8, 4) is 11.8 Å². The van der Waals surface area contributed by atoms with Crippen LogP contribution in [0.5, 0.6) is 5.75 Å². The molecule has 1 unspecified atom stereocenters. The number of nitrogens with one attached hydrogen (secondary N) is 1. The fourth-order valence-corrected chi connectivity index (χ4v) is 2.98. The fourth-order valence-electron chi connectivity index (χ4n) is 2.98. The lowest BCUT2D eigenvalue weighted by molar-refractivity contribution is -0.109. The van der Waals surface area contributed by atoms with Gasteiger partial charge in [-0.1, -0.05) is 6.07 Å². The highest BCUT2D eigenvalue weighted by molar-refractivity contribution is 6.62. The molecule has 0 amide bonds. The molecule has 1 atom stereocenters. The van der Waals surface area contributed by atoms with Crippen molar-refractivity contribution in [3.05, 3.63) is 23.8 Å². The molecule has 0 spiro atoms. The highest BCUT2D eigenvalue weighted by atomic mass is 19.3. The molecule has 2 fully saturated rings. The highest BCUT2D eigenvalue weighted by Crippen LogP contribution is 2.37. The molecule has 5 nitrogen and oxygen atoms in total. The van der Waals surface area contributed by atoms with Crippen LogP contribution in [0, 0.1) is 11.3 Å². The van der Waals surface area contributed by atoms with E-state index in [2.05, 4.69) is 5.32 Å². The lowest BCUT2D eigenvalue weighted by atomic mass is 9.78. The Morgan fingerprint density at radius 1 is 1.23 bits per heavy atom. The average Bonchev–Trinajstić information content (AvgIpc) is 2.77. The van der Waals surface area contributed by atoms with Gasteiger partial charge in [0.1, 0.15) is 11.8 Å². The van der Waals surface area contributed by atoms with Gasteiger partial charge >= 0.3 is 7.12 Å². The van der Waals surface area contributed by atoms with Crippen molar-refractivity contribution in [2.45, 2.75) is 57.3 Å². The minimum absolute atomic E-state index is 0.152. The lowest BCUT2D eigenvalue weighted by Crippen LogP contribution is -2.52. The SMILES string of the molecule is CC1(C)OB(c2ccc(OC3CCNCC3(F)F)c(C#N)c2)OC1(C)C. The Morgan fingerprint density at radius 3 is 2.46 bits per heavy atom. The number of benzene rings is 1. The first-order valence-corrected chi connectivity index (χ1v) is 8.71. The van der Waals surface area contributed by atoms with Crippen LogP contribution in [-0.2, 0) is 9.31 Å². The lowest BCUT2D eigenvalue weighted by Gasteiger charge is -2.32. The van der Waals surface area contributed by atoms with E-state index in [0.717, 1.165) is 0 Å². The van der Waals surface area contributed by atoms with Gasteiger partial charge in [-0.3, -0.25) is 0 Å². The molecule has 140 valence electrons. The third-order valence-electron chi connectivity index (χ3n) is 5.33. The summed E-state index contributed by atoms with van der Waals surface area (Å²) in [6.07, 6.45) is -1.07. The molecule has 2 aliphatic heterocycles. The molecule has 0 bridgehead atoms. The number of rotatable bonds is 3. The van der Waals surface area contributed by atoms with Crippen LogP contribution in [0.4, 0.5) is 8.78 Å². The van der Waals surface area contributed by atoms with E-state index in [9.17, 15) is 14.0 Å². The van der Waals surface area contributed by atoms with E-state index >= 15 is 0 Å². The molecule has 3 rings (SSSR count). The number of piperidine rings is 1. The van der Waals surface area contributed by atoms with E-state index in [0.29, 0.717) is 12.0 Å². The van der Waals surface area contributed by atoms with Gasteiger partial charge in [-0.25, -0.2) is 8.78 Å². The molecule has 0 aromatic heterocycles. The molecule has 1 aromatic carbocycles. The number of nitrogens with zero attached hydrogens (tertiary/aromatic N) is 1. The van der Waals surface area contributed by atoms with E-state index in [4.69, 9.17) is 14.0 Å². The minimum atomic E-state index is -2.98. The fraction of sp³-hybridized carbons (Fsp3) is 0.611. The summed E-state index contributed by atoms with van der Waals surface area (Å²) in [5.74, 6) is -2.82. The molecule has 0 aliphatic carbocycles. The summed E-state index contributed by atoms with van der Waals surface area (Å²) in [5.41, 5.74) is -0.163. The number of nitriles is 1. The van der Waals surface area contributed by atoms with Crippen LogP contribution in [0.25, 0.3) is 0 Å². The van der Waals surface area contributed by atoms with E-state index < -0.39 is 36.9 Å². The second-order valence-electron chi connectivity index (χ2n) is 7.79. The van der Waals surface area contributed by atoms with Crippen LogP contribution in [-0.4, -0.2) is 43.4 Å². The molecular formula is C18H23BF2N2O3. The van der Waals surface area contributed by atoms with E-state index in [-0.39, 0.29) is 17.7 Å². The van der Waals surface area contributed by atoms with Gasteiger partial charge in [-0.2, -0.15) is 5.26 Å². The van der Waals surface area contributed by atoms with Crippen LogP contribution < -0.4 is 15.5 Å². The summed E-state index contributed by atoms with van der Waals surface area (Å²) in [7, 11) is -0.624. The number of alkyl halides is 2. The van der Waals surface area contributed by atoms with Gasteiger partial charge in [-0.05, 0) is 51.8 Å². The van der Waals surface area contributed by atoms with Crippen molar-refractivity contribution in [3.63, 3.8) is 0 Å². The molecule has 2 heterocycles. The maximum Gasteiger partial charge on any atom is 0.494 e. The largest absolute Gasteiger partial charge is 0.494 e.